The summed E-state index contributed by atoms with van der Waals surface area (Å²) >= 11 is 0. The number of unbranched alkanes of at least 4 members (excludes halogenated alkanes) is 1. The lowest BCUT2D eigenvalue weighted by Gasteiger charge is -2.32. The second kappa shape index (κ2) is 13.2. The van der Waals surface area contributed by atoms with Gasteiger partial charge in [0.15, 0.2) is 6.61 Å². The highest BCUT2D eigenvalue weighted by Gasteiger charge is 2.30. The molecule has 34 heavy (non-hydrogen) atoms. The zero-order valence-corrected chi connectivity index (χ0v) is 20.1. The Morgan fingerprint density at radius 3 is 2.24 bits per heavy atom. The summed E-state index contributed by atoms with van der Waals surface area (Å²) in [6.45, 7) is 4.90. The first-order valence-electron chi connectivity index (χ1n) is 11.9. The van der Waals surface area contributed by atoms with Crippen LogP contribution in [-0.2, 0) is 22.6 Å². The topological polar surface area (TPSA) is 58.6 Å². The standard InChI is InChI=1S/C29H34N2O3/c1-3-4-19-30-29(33)27(20-24-14-7-5-8-15-24)31(21-25-16-12-11-13-23(25)2)28(32)22-34-26-17-9-6-10-18-26/h5-18,27H,3-4,19-22H2,1-2H3,(H,30,33)/t27-/m1/s1. The van der Waals surface area contributed by atoms with E-state index in [2.05, 4.69) is 12.2 Å². The number of ether oxygens (including phenoxy) is 1. The molecule has 0 saturated heterocycles. The van der Waals surface area contributed by atoms with E-state index in [1.165, 1.54) is 0 Å². The zero-order chi connectivity index (χ0) is 24.2. The van der Waals surface area contributed by atoms with Crippen molar-refractivity contribution in [3.63, 3.8) is 0 Å². The monoisotopic (exact) mass is 458 g/mol. The fourth-order valence-electron chi connectivity index (χ4n) is 3.78. The van der Waals surface area contributed by atoms with Crippen molar-refractivity contribution < 1.29 is 14.3 Å². The molecule has 5 heteroatoms. The summed E-state index contributed by atoms with van der Waals surface area (Å²) in [5.41, 5.74) is 3.09. The van der Waals surface area contributed by atoms with Gasteiger partial charge in [-0.15, -0.1) is 0 Å². The summed E-state index contributed by atoms with van der Waals surface area (Å²) in [7, 11) is 0. The molecule has 0 aliphatic carbocycles. The third kappa shape index (κ3) is 7.48. The van der Waals surface area contributed by atoms with E-state index < -0.39 is 6.04 Å². The number of benzene rings is 3. The minimum Gasteiger partial charge on any atom is -0.484 e. The number of carbonyl (C=O) groups excluding carboxylic acids is 2. The molecule has 3 aromatic rings. The van der Waals surface area contributed by atoms with Crippen LogP contribution in [0.2, 0.25) is 0 Å². The van der Waals surface area contributed by atoms with Crippen LogP contribution in [0.25, 0.3) is 0 Å². The lowest BCUT2D eigenvalue weighted by molar-refractivity contribution is -0.142. The molecule has 0 bridgehead atoms. The van der Waals surface area contributed by atoms with Crippen LogP contribution in [0.5, 0.6) is 5.75 Å². The molecule has 0 unspecified atom stereocenters. The lowest BCUT2D eigenvalue weighted by atomic mass is 10.0. The first-order chi connectivity index (χ1) is 16.6. The van der Waals surface area contributed by atoms with E-state index in [4.69, 9.17) is 4.74 Å². The van der Waals surface area contributed by atoms with Crippen LogP contribution >= 0.6 is 0 Å². The van der Waals surface area contributed by atoms with E-state index >= 15 is 0 Å². The molecule has 1 atom stereocenters. The molecule has 3 aromatic carbocycles. The van der Waals surface area contributed by atoms with Gasteiger partial charge >= 0.3 is 0 Å². The summed E-state index contributed by atoms with van der Waals surface area (Å²) in [6, 6.07) is 26.4. The van der Waals surface area contributed by atoms with Gasteiger partial charge in [0.25, 0.3) is 5.91 Å². The van der Waals surface area contributed by atoms with Crippen molar-refractivity contribution in [2.75, 3.05) is 13.2 Å². The molecular formula is C29H34N2O3. The van der Waals surface area contributed by atoms with Gasteiger partial charge in [0.2, 0.25) is 5.91 Å². The number of para-hydroxylation sites is 1. The van der Waals surface area contributed by atoms with Crippen molar-refractivity contribution in [2.24, 2.45) is 0 Å². The average molecular weight is 459 g/mol. The molecule has 0 spiro atoms. The summed E-state index contributed by atoms with van der Waals surface area (Å²) in [5, 5.41) is 3.04. The Bertz CT molecular complexity index is 1040. The minimum absolute atomic E-state index is 0.135. The molecule has 0 saturated carbocycles. The Balaban J connectivity index is 1.89. The molecule has 5 nitrogen and oxygen atoms in total. The molecule has 0 fully saturated rings. The normalized spacial score (nSPS) is 11.5. The summed E-state index contributed by atoms with van der Waals surface area (Å²) in [5.74, 6) is 0.260. The predicted octanol–water partition coefficient (Wildman–Crippen LogP) is 4.93. The molecule has 0 aliphatic rings. The van der Waals surface area contributed by atoms with Crippen molar-refractivity contribution in [1.82, 2.24) is 10.2 Å². The second-order valence-corrected chi connectivity index (χ2v) is 8.40. The largest absolute Gasteiger partial charge is 0.484 e. The SMILES string of the molecule is CCCCNC(=O)[C@@H](Cc1ccccc1)N(Cc1ccccc1C)C(=O)COc1ccccc1. The maximum Gasteiger partial charge on any atom is 0.261 e. The minimum atomic E-state index is -0.647. The van der Waals surface area contributed by atoms with E-state index in [0.29, 0.717) is 25.3 Å². The van der Waals surface area contributed by atoms with Crippen LogP contribution in [-0.4, -0.2) is 35.9 Å². The number of amides is 2. The van der Waals surface area contributed by atoms with Crippen LogP contribution in [0.15, 0.2) is 84.9 Å². The Morgan fingerprint density at radius 2 is 1.56 bits per heavy atom. The Kier molecular flexibility index (Phi) is 9.71. The van der Waals surface area contributed by atoms with E-state index in [-0.39, 0.29) is 18.4 Å². The van der Waals surface area contributed by atoms with Gasteiger partial charge in [-0.25, -0.2) is 0 Å². The zero-order valence-electron chi connectivity index (χ0n) is 20.1. The van der Waals surface area contributed by atoms with Gasteiger partial charge in [0, 0.05) is 19.5 Å². The third-order valence-corrected chi connectivity index (χ3v) is 5.81. The maximum atomic E-state index is 13.5. The van der Waals surface area contributed by atoms with Crippen LogP contribution < -0.4 is 10.1 Å². The maximum absolute atomic E-state index is 13.5. The molecule has 0 radical (unpaired) electrons. The van der Waals surface area contributed by atoms with Crippen molar-refractivity contribution in [3.05, 3.63) is 102 Å². The van der Waals surface area contributed by atoms with Gasteiger partial charge < -0.3 is 15.0 Å². The molecule has 0 aliphatic heterocycles. The lowest BCUT2D eigenvalue weighted by Crippen LogP contribution is -2.52. The van der Waals surface area contributed by atoms with E-state index in [1.54, 1.807) is 4.90 Å². The molecule has 1 N–H and O–H groups in total. The molecular weight excluding hydrogens is 424 g/mol. The van der Waals surface area contributed by atoms with Gasteiger partial charge in [-0.1, -0.05) is 86.1 Å². The highest BCUT2D eigenvalue weighted by atomic mass is 16.5. The van der Waals surface area contributed by atoms with E-state index in [9.17, 15) is 9.59 Å². The number of nitrogens with zero attached hydrogens (tertiary/aromatic N) is 1. The van der Waals surface area contributed by atoms with Gasteiger partial charge in [-0.05, 0) is 42.2 Å². The van der Waals surface area contributed by atoms with Crippen molar-refractivity contribution >= 4 is 11.8 Å². The first-order valence-corrected chi connectivity index (χ1v) is 11.9. The first kappa shape index (κ1) is 25.0. The molecule has 2 amide bonds. The Labute approximate surface area is 202 Å². The van der Waals surface area contributed by atoms with Crippen molar-refractivity contribution in [1.29, 1.82) is 0 Å². The van der Waals surface area contributed by atoms with Gasteiger partial charge in [-0.3, -0.25) is 9.59 Å². The summed E-state index contributed by atoms with van der Waals surface area (Å²) in [6.07, 6.45) is 2.31. The van der Waals surface area contributed by atoms with Crippen LogP contribution in [0.3, 0.4) is 0 Å². The Morgan fingerprint density at radius 1 is 0.912 bits per heavy atom. The molecule has 3 rings (SSSR count). The predicted molar refractivity (Wildman–Crippen MR) is 136 cm³/mol. The van der Waals surface area contributed by atoms with E-state index in [0.717, 1.165) is 29.5 Å². The fourth-order valence-corrected chi connectivity index (χ4v) is 3.78. The van der Waals surface area contributed by atoms with Crippen LogP contribution in [0.4, 0.5) is 0 Å². The van der Waals surface area contributed by atoms with Crippen molar-refractivity contribution in [3.8, 4) is 5.75 Å². The number of nitrogens with one attached hydrogen (secondary N) is 1. The smallest absolute Gasteiger partial charge is 0.261 e. The van der Waals surface area contributed by atoms with Gasteiger partial charge in [-0.2, -0.15) is 0 Å². The molecule has 0 aromatic heterocycles. The molecule has 0 heterocycles. The quantitative estimate of drug-likeness (QED) is 0.392. The number of hydrogen-bond acceptors (Lipinski definition) is 3. The highest BCUT2D eigenvalue weighted by molar-refractivity contribution is 5.88. The van der Waals surface area contributed by atoms with Crippen molar-refractivity contribution in [2.45, 2.75) is 45.7 Å². The number of hydrogen-bond donors (Lipinski definition) is 1. The summed E-state index contributed by atoms with van der Waals surface area (Å²) < 4.78 is 5.77. The van der Waals surface area contributed by atoms with Gasteiger partial charge in [0.1, 0.15) is 11.8 Å². The van der Waals surface area contributed by atoms with Gasteiger partial charge in [0.05, 0.1) is 0 Å². The average Bonchev–Trinajstić information content (AvgIpc) is 2.87. The Hall–Kier alpha value is -3.60. The van der Waals surface area contributed by atoms with Crippen LogP contribution in [0, 0.1) is 6.92 Å². The highest BCUT2D eigenvalue weighted by Crippen LogP contribution is 2.18. The van der Waals surface area contributed by atoms with E-state index in [1.807, 2.05) is 91.9 Å². The second-order valence-electron chi connectivity index (χ2n) is 8.40. The number of aryl methyl sites for hydroxylation is 1. The van der Waals surface area contributed by atoms with Crippen LogP contribution in [0.1, 0.15) is 36.5 Å². The third-order valence-electron chi connectivity index (χ3n) is 5.81. The number of carbonyl (C=O) groups is 2. The fraction of sp³-hybridized carbons (Fsp3) is 0.310. The molecule has 178 valence electrons. The summed E-state index contributed by atoms with van der Waals surface area (Å²) in [4.78, 5) is 28.6. The number of rotatable bonds is 12.